The number of pyridine rings is 1. The molecule has 0 radical (unpaired) electrons. The van der Waals surface area contributed by atoms with Gasteiger partial charge in [-0.2, -0.15) is 4.57 Å². The number of aromatic nitrogens is 1. The van der Waals surface area contributed by atoms with E-state index in [9.17, 15) is 4.79 Å². The van der Waals surface area contributed by atoms with E-state index in [0.717, 1.165) is 50.6 Å². The van der Waals surface area contributed by atoms with Crippen LogP contribution in [-0.4, -0.2) is 12.8 Å². The first kappa shape index (κ1) is 34.4. The van der Waals surface area contributed by atoms with Crippen molar-refractivity contribution in [1.82, 2.24) is 0 Å². The fraction of sp³-hybridized carbons (Fsp3) is 0.0833. The van der Waals surface area contributed by atoms with Crippen molar-refractivity contribution in [3.8, 4) is 33.6 Å². The van der Waals surface area contributed by atoms with Gasteiger partial charge in [0.15, 0.2) is 5.78 Å². The highest BCUT2D eigenvalue weighted by Gasteiger charge is 2.38. The summed E-state index contributed by atoms with van der Waals surface area (Å²) in [5.41, 5.74) is 12.2. The monoisotopic (exact) mass is 727 g/mol. The molecule has 8 rings (SSSR count). The second-order valence-electron chi connectivity index (χ2n) is 13.9. The molecular weight excluding hydrogens is 691 g/mol. The van der Waals surface area contributed by atoms with Crippen LogP contribution in [0.25, 0.3) is 44.9 Å². The van der Waals surface area contributed by atoms with E-state index in [-0.39, 0.29) is 11.2 Å². The number of rotatable bonds is 6. The first-order chi connectivity index (χ1) is 25.7. The topological polar surface area (TPSA) is 24.2 Å². The summed E-state index contributed by atoms with van der Waals surface area (Å²) in [6.07, 6.45) is 8.13. The van der Waals surface area contributed by atoms with Crippen LogP contribution in [0.15, 0.2) is 181 Å². The van der Waals surface area contributed by atoms with E-state index >= 15 is 0 Å². The molecule has 53 heavy (non-hydrogen) atoms. The minimum absolute atomic E-state index is 0.0321. The minimum Gasteiger partial charge on any atom is -0.347 e. The van der Waals surface area contributed by atoms with Crippen molar-refractivity contribution in [3.63, 3.8) is 0 Å². The molecule has 0 fully saturated rings. The molecule has 2 heterocycles. The maximum absolute atomic E-state index is 14.5. The second kappa shape index (κ2) is 14.0. The number of carbonyl (C=O) groups is 1. The van der Waals surface area contributed by atoms with Gasteiger partial charge in [0, 0.05) is 80.5 Å². The number of Topliss-reactive ketones (excluding diaryl/α,β-unsaturated/α-hetero) is 1. The van der Waals surface area contributed by atoms with Crippen LogP contribution in [0.5, 0.6) is 0 Å². The van der Waals surface area contributed by atoms with Crippen LogP contribution in [0.4, 0.5) is 5.69 Å². The van der Waals surface area contributed by atoms with Gasteiger partial charge in [-0.15, -0.1) is 0 Å². The first-order valence-electron chi connectivity index (χ1n) is 17.7. The van der Waals surface area contributed by atoms with Crippen LogP contribution in [0, 0.1) is 0 Å². The normalized spacial score (nSPS) is 16.5. The number of carbonyl (C=O) groups excluding carboxylic acids is 1. The Kier molecular flexibility index (Phi) is 9.08. The van der Waals surface area contributed by atoms with Crippen molar-refractivity contribution in [2.75, 3.05) is 11.9 Å². The molecule has 6 aromatic rings. The fourth-order valence-corrected chi connectivity index (χ4v) is 7.78. The standard InChI is InChI=1S/C48H37Cl2N2O/c1-48(2)42-16-10-11-17-43(42)51(3)46(48)27-22-36-28-40(31-41(47(36)53)33-14-8-5-9-15-33)52-44(34-18-23-38(49)24-19-34)29-37(32-12-6-4-7-13-32)30-45(52)35-20-25-39(50)26-21-35/h4-31H,1-3H3/q+1/b36-22-,46-27-. The van der Waals surface area contributed by atoms with Gasteiger partial charge in [0.2, 0.25) is 17.1 Å². The zero-order chi connectivity index (χ0) is 36.7. The summed E-state index contributed by atoms with van der Waals surface area (Å²) in [6, 6.07) is 49.0. The van der Waals surface area contributed by atoms with Crippen LogP contribution >= 0.6 is 23.2 Å². The molecule has 0 atom stereocenters. The maximum Gasteiger partial charge on any atom is 0.219 e. The van der Waals surface area contributed by atoms with Gasteiger partial charge in [-0.3, -0.25) is 4.79 Å². The van der Waals surface area contributed by atoms with Gasteiger partial charge >= 0.3 is 0 Å². The van der Waals surface area contributed by atoms with Crippen molar-refractivity contribution in [2.45, 2.75) is 19.3 Å². The van der Waals surface area contributed by atoms with Gasteiger partial charge in [-0.1, -0.05) is 116 Å². The molecule has 0 bridgehead atoms. The van der Waals surface area contributed by atoms with E-state index in [1.165, 1.54) is 11.3 Å². The number of hydrogen-bond donors (Lipinski definition) is 0. The van der Waals surface area contributed by atoms with Crippen LogP contribution in [0.1, 0.15) is 25.0 Å². The largest absolute Gasteiger partial charge is 0.347 e. The molecular formula is C48H37Cl2N2O+. The number of para-hydroxylation sites is 1. The Morgan fingerprint density at radius 3 is 1.68 bits per heavy atom. The Morgan fingerprint density at radius 1 is 0.585 bits per heavy atom. The maximum atomic E-state index is 14.5. The third-order valence-electron chi connectivity index (χ3n) is 10.3. The third kappa shape index (κ3) is 6.48. The van der Waals surface area contributed by atoms with Crippen molar-refractivity contribution >= 4 is 45.9 Å². The van der Waals surface area contributed by atoms with E-state index in [1.54, 1.807) is 0 Å². The Morgan fingerprint density at radius 2 is 1.11 bits per heavy atom. The average molecular weight is 729 g/mol. The van der Waals surface area contributed by atoms with Gasteiger partial charge in [0.1, 0.15) is 0 Å². The number of fused-ring (bicyclic) bond motifs is 1. The molecule has 5 aromatic carbocycles. The number of allylic oxidation sites excluding steroid dienone is 8. The highest BCUT2D eigenvalue weighted by Crippen LogP contribution is 2.47. The Hall–Kier alpha value is -5.74. The fourth-order valence-electron chi connectivity index (χ4n) is 7.53. The predicted octanol–water partition coefficient (Wildman–Crippen LogP) is 12.0. The van der Waals surface area contributed by atoms with Crippen LogP contribution in [0.2, 0.25) is 10.0 Å². The number of benzene rings is 5. The molecule has 0 unspecified atom stereocenters. The lowest BCUT2D eigenvalue weighted by Gasteiger charge is -2.24. The summed E-state index contributed by atoms with van der Waals surface area (Å²) in [5.74, 6) is -0.0321. The summed E-state index contributed by atoms with van der Waals surface area (Å²) in [5, 5.41) is 1.32. The van der Waals surface area contributed by atoms with E-state index in [4.69, 9.17) is 23.2 Å². The number of ketones is 1. The summed E-state index contributed by atoms with van der Waals surface area (Å²) in [6.45, 7) is 4.47. The lowest BCUT2D eigenvalue weighted by atomic mass is 9.83. The molecule has 0 saturated carbocycles. The number of halogens is 2. The van der Waals surface area contributed by atoms with Gasteiger partial charge < -0.3 is 4.90 Å². The molecule has 1 aliphatic heterocycles. The predicted molar refractivity (Wildman–Crippen MR) is 221 cm³/mol. The number of nitrogens with zero attached hydrogens (tertiary/aromatic N) is 2. The van der Waals surface area contributed by atoms with Gasteiger partial charge in [-0.05, 0) is 89.0 Å². The lowest BCUT2D eigenvalue weighted by molar-refractivity contribution is -0.554. The summed E-state index contributed by atoms with van der Waals surface area (Å²) in [4.78, 5) is 16.8. The zero-order valence-electron chi connectivity index (χ0n) is 29.7. The first-order valence-corrected chi connectivity index (χ1v) is 18.4. The Labute approximate surface area is 321 Å². The van der Waals surface area contributed by atoms with E-state index in [0.29, 0.717) is 21.2 Å². The highest BCUT2D eigenvalue weighted by molar-refractivity contribution is 6.32. The summed E-state index contributed by atoms with van der Waals surface area (Å²) < 4.78 is 2.25. The molecule has 1 aromatic heterocycles. The molecule has 1 aliphatic carbocycles. The Balaban J connectivity index is 1.41. The van der Waals surface area contributed by atoms with Crippen LogP contribution in [-0.2, 0) is 10.2 Å². The molecule has 0 saturated heterocycles. The molecule has 2 aliphatic rings. The highest BCUT2D eigenvalue weighted by atomic mass is 35.5. The van der Waals surface area contributed by atoms with Crippen LogP contribution in [0.3, 0.4) is 0 Å². The number of hydrogen-bond acceptors (Lipinski definition) is 2. The van der Waals surface area contributed by atoms with Gasteiger partial charge in [0.25, 0.3) is 0 Å². The smallest absolute Gasteiger partial charge is 0.219 e. The summed E-state index contributed by atoms with van der Waals surface area (Å²) in [7, 11) is 2.10. The van der Waals surface area contributed by atoms with Crippen molar-refractivity contribution in [2.24, 2.45) is 0 Å². The number of anilines is 1. The number of likely N-dealkylation sites (N-methyl/N-ethyl adjacent to an activating group) is 1. The third-order valence-corrected chi connectivity index (χ3v) is 10.8. The molecule has 0 amide bonds. The SMILES string of the molecule is CN1/C(=C\C=C2\C=C([n+]3c(-c4ccc(Cl)cc4)cc(-c4ccccc4)cc3-c3ccc(Cl)cc3)C=C(c3ccccc3)C2=O)C(C)(C)c2ccccc21. The second-order valence-corrected chi connectivity index (χ2v) is 14.8. The van der Waals surface area contributed by atoms with Crippen molar-refractivity contribution in [3.05, 3.63) is 202 Å². The quantitative estimate of drug-likeness (QED) is 0.126. The molecule has 0 N–H and O–H groups in total. The van der Waals surface area contributed by atoms with Gasteiger partial charge in [-0.25, -0.2) is 0 Å². The minimum atomic E-state index is -0.240. The van der Waals surface area contributed by atoms with Crippen molar-refractivity contribution in [1.29, 1.82) is 0 Å². The van der Waals surface area contributed by atoms with E-state index in [2.05, 4.69) is 97.1 Å². The molecule has 3 nitrogen and oxygen atoms in total. The van der Waals surface area contributed by atoms with Crippen molar-refractivity contribution < 1.29 is 9.36 Å². The van der Waals surface area contributed by atoms with Gasteiger partial charge in [0.05, 0.1) is 0 Å². The molecule has 0 spiro atoms. The van der Waals surface area contributed by atoms with E-state index < -0.39 is 0 Å². The van der Waals surface area contributed by atoms with E-state index in [1.807, 2.05) is 103 Å². The zero-order valence-corrected chi connectivity index (χ0v) is 31.2. The average Bonchev–Trinajstić information content (AvgIpc) is 3.38. The molecule has 258 valence electrons. The summed E-state index contributed by atoms with van der Waals surface area (Å²) >= 11 is 12.9. The Bertz CT molecular complexity index is 2430. The van der Waals surface area contributed by atoms with Crippen LogP contribution < -0.4 is 9.47 Å². The molecule has 5 heteroatoms. The lowest BCUT2D eigenvalue weighted by Crippen LogP contribution is -2.38.